The predicted octanol–water partition coefficient (Wildman–Crippen LogP) is 1.92. The van der Waals surface area contributed by atoms with Gasteiger partial charge in [0, 0.05) is 6.54 Å². The lowest BCUT2D eigenvalue weighted by molar-refractivity contribution is 0.161. The van der Waals surface area contributed by atoms with Crippen LogP contribution in [-0.2, 0) is 6.54 Å². The van der Waals surface area contributed by atoms with E-state index >= 15 is 0 Å². The molecule has 0 saturated heterocycles. The molecule has 0 aliphatic rings. The summed E-state index contributed by atoms with van der Waals surface area (Å²) in [5.74, 6) is -0.192. The van der Waals surface area contributed by atoms with E-state index in [4.69, 9.17) is 5.21 Å². The van der Waals surface area contributed by atoms with Crippen LogP contribution in [-0.4, -0.2) is 5.21 Å². The maximum Gasteiger partial charge on any atom is 0.129 e. The molecule has 66 valence electrons. The van der Waals surface area contributed by atoms with E-state index in [-0.39, 0.29) is 12.4 Å². The van der Waals surface area contributed by atoms with Crippen LogP contribution in [0.25, 0.3) is 0 Å². The highest BCUT2D eigenvalue weighted by Gasteiger charge is 2.05. The van der Waals surface area contributed by atoms with Crippen LogP contribution < -0.4 is 5.48 Å². The van der Waals surface area contributed by atoms with Gasteiger partial charge in [-0.15, -0.1) is 0 Å². The lowest BCUT2D eigenvalue weighted by Gasteiger charge is -2.06. The summed E-state index contributed by atoms with van der Waals surface area (Å²) >= 11 is 0. The van der Waals surface area contributed by atoms with Gasteiger partial charge in [-0.25, -0.2) is 9.87 Å². The number of halogens is 1. The van der Waals surface area contributed by atoms with E-state index in [9.17, 15) is 4.39 Å². The van der Waals surface area contributed by atoms with E-state index in [1.165, 1.54) is 0 Å². The lowest BCUT2D eigenvalue weighted by atomic mass is 10.1. The topological polar surface area (TPSA) is 32.3 Å². The van der Waals surface area contributed by atoms with Gasteiger partial charge in [0.25, 0.3) is 0 Å². The molecule has 0 aliphatic heterocycles. The Kier molecular flexibility index (Phi) is 2.78. The Morgan fingerprint density at radius 3 is 2.67 bits per heavy atom. The minimum Gasteiger partial charge on any atom is -0.316 e. The zero-order valence-corrected chi connectivity index (χ0v) is 7.19. The number of benzene rings is 1. The highest BCUT2D eigenvalue weighted by molar-refractivity contribution is 5.32. The smallest absolute Gasteiger partial charge is 0.129 e. The molecule has 3 heteroatoms. The second-order valence-electron chi connectivity index (χ2n) is 2.82. The SMILES string of the molecule is Cc1ccc(CNO)c(C)c1F. The molecule has 0 aromatic heterocycles. The Morgan fingerprint density at radius 1 is 1.42 bits per heavy atom. The molecule has 0 saturated carbocycles. The van der Waals surface area contributed by atoms with Crippen molar-refractivity contribution in [2.45, 2.75) is 20.4 Å². The monoisotopic (exact) mass is 169 g/mol. The molecule has 0 bridgehead atoms. The summed E-state index contributed by atoms with van der Waals surface area (Å²) in [6.07, 6.45) is 0. The summed E-state index contributed by atoms with van der Waals surface area (Å²) in [5.41, 5.74) is 4.01. The molecular formula is C9H12FNO. The van der Waals surface area contributed by atoms with Crippen molar-refractivity contribution >= 4 is 0 Å². The van der Waals surface area contributed by atoms with E-state index in [0.717, 1.165) is 5.56 Å². The molecule has 0 heterocycles. The van der Waals surface area contributed by atoms with Crippen molar-refractivity contribution < 1.29 is 9.60 Å². The molecule has 0 radical (unpaired) electrons. The minimum absolute atomic E-state index is 0.192. The highest BCUT2D eigenvalue weighted by atomic mass is 19.1. The first-order valence-electron chi connectivity index (χ1n) is 3.78. The van der Waals surface area contributed by atoms with Gasteiger partial charge in [-0.1, -0.05) is 12.1 Å². The molecular weight excluding hydrogens is 157 g/mol. The van der Waals surface area contributed by atoms with E-state index in [1.54, 1.807) is 26.0 Å². The predicted molar refractivity (Wildman–Crippen MR) is 44.5 cm³/mol. The van der Waals surface area contributed by atoms with Gasteiger partial charge in [0.1, 0.15) is 5.82 Å². The largest absolute Gasteiger partial charge is 0.316 e. The van der Waals surface area contributed by atoms with Crippen molar-refractivity contribution in [2.24, 2.45) is 0 Å². The van der Waals surface area contributed by atoms with E-state index in [1.807, 2.05) is 5.48 Å². The zero-order chi connectivity index (χ0) is 9.14. The number of hydrogen-bond donors (Lipinski definition) is 2. The maximum absolute atomic E-state index is 13.2. The van der Waals surface area contributed by atoms with E-state index in [2.05, 4.69) is 0 Å². The van der Waals surface area contributed by atoms with Gasteiger partial charge in [-0.05, 0) is 30.5 Å². The third-order valence-corrected chi connectivity index (χ3v) is 1.96. The third-order valence-electron chi connectivity index (χ3n) is 1.96. The Balaban J connectivity index is 3.08. The number of aryl methyl sites for hydroxylation is 1. The Labute approximate surface area is 71.0 Å². The van der Waals surface area contributed by atoms with Gasteiger partial charge < -0.3 is 5.21 Å². The standard InChI is InChI=1S/C9H12FNO/c1-6-3-4-8(5-11-12)7(2)9(6)10/h3-4,11-12H,5H2,1-2H3. The molecule has 2 nitrogen and oxygen atoms in total. The number of nitrogens with one attached hydrogen (secondary N) is 1. The summed E-state index contributed by atoms with van der Waals surface area (Å²) in [4.78, 5) is 0. The van der Waals surface area contributed by atoms with Crippen LogP contribution in [0.2, 0.25) is 0 Å². The van der Waals surface area contributed by atoms with Gasteiger partial charge in [0.15, 0.2) is 0 Å². The number of hydroxylamine groups is 1. The first-order valence-corrected chi connectivity index (χ1v) is 3.78. The number of hydrogen-bond acceptors (Lipinski definition) is 2. The zero-order valence-electron chi connectivity index (χ0n) is 7.19. The van der Waals surface area contributed by atoms with Crippen molar-refractivity contribution in [3.05, 3.63) is 34.6 Å². The molecule has 0 amide bonds. The van der Waals surface area contributed by atoms with Gasteiger partial charge in [-0.2, -0.15) is 0 Å². The molecule has 2 N–H and O–H groups in total. The Bertz CT molecular complexity index is 286. The van der Waals surface area contributed by atoms with Gasteiger partial charge >= 0.3 is 0 Å². The summed E-state index contributed by atoms with van der Waals surface area (Å²) in [7, 11) is 0. The molecule has 0 spiro atoms. The molecule has 0 aliphatic carbocycles. The molecule has 0 unspecified atom stereocenters. The normalized spacial score (nSPS) is 10.3. The van der Waals surface area contributed by atoms with E-state index in [0.29, 0.717) is 11.1 Å². The fraction of sp³-hybridized carbons (Fsp3) is 0.333. The fourth-order valence-electron chi connectivity index (χ4n) is 1.14. The molecule has 1 aromatic carbocycles. The second kappa shape index (κ2) is 3.65. The van der Waals surface area contributed by atoms with Crippen LogP contribution in [0.4, 0.5) is 4.39 Å². The van der Waals surface area contributed by atoms with Crippen molar-refractivity contribution in [3.63, 3.8) is 0 Å². The van der Waals surface area contributed by atoms with Crippen molar-refractivity contribution in [3.8, 4) is 0 Å². The number of rotatable bonds is 2. The Morgan fingerprint density at radius 2 is 2.08 bits per heavy atom. The van der Waals surface area contributed by atoms with Crippen molar-refractivity contribution in [1.29, 1.82) is 0 Å². The average Bonchev–Trinajstić information content (AvgIpc) is 2.07. The minimum atomic E-state index is -0.192. The molecule has 12 heavy (non-hydrogen) atoms. The van der Waals surface area contributed by atoms with E-state index < -0.39 is 0 Å². The van der Waals surface area contributed by atoms with Crippen LogP contribution in [0.5, 0.6) is 0 Å². The van der Waals surface area contributed by atoms with Gasteiger partial charge in [-0.3, -0.25) is 0 Å². The quantitative estimate of drug-likeness (QED) is 0.663. The second-order valence-corrected chi connectivity index (χ2v) is 2.82. The summed E-state index contributed by atoms with van der Waals surface area (Å²) < 4.78 is 13.2. The summed E-state index contributed by atoms with van der Waals surface area (Å²) in [6.45, 7) is 3.70. The van der Waals surface area contributed by atoms with Crippen LogP contribution >= 0.6 is 0 Å². The van der Waals surface area contributed by atoms with Gasteiger partial charge in [0.05, 0.1) is 0 Å². The van der Waals surface area contributed by atoms with Crippen LogP contribution in [0.3, 0.4) is 0 Å². The fourth-order valence-corrected chi connectivity index (χ4v) is 1.14. The highest BCUT2D eigenvalue weighted by Crippen LogP contribution is 2.15. The molecule has 1 aromatic rings. The van der Waals surface area contributed by atoms with Crippen LogP contribution in [0, 0.1) is 19.7 Å². The van der Waals surface area contributed by atoms with Crippen molar-refractivity contribution in [2.75, 3.05) is 0 Å². The first-order chi connectivity index (χ1) is 5.66. The van der Waals surface area contributed by atoms with Crippen molar-refractivity contribution in [1.82, 2.24) is 5.48 Å². The molecule has 0 atom stereocenters. The summed E-state index contributed by atoms with van der Waals surface area (Å²) in [6, 6.07) is 3.51. The molecule has 0 fully saturated rings. The van der Waals surface area contributed by atoms with Crippen LogP contribution in [0.15, 0.2) is 12.1 Å². The lowest BCUT2D eigenvalue weighted by Crippen LogP contribution is -2.08. The average molecular weight is 169 g/mol. The maximum atomic E-state index is 13.2. The van der Waals surface area contributed by atoms with Gasteiger partial charge in [0.2, 0.25) is 0 Å². The molecule has 1 rings (SSSR count). The van der Waals surface area contributed by atoms with Crippen LogP contribution in [0.1, 0.15) is 16.7 Å². The third kappa shape index (κ3) is 1.62. The first kappa shape index (κ1) is 9.16. The summed E-state index contributed by atoms with van der Waals surface area (Å²) in [5, 5.41) is 8.43. The Hall–Kier alpha value is -0.930.